The van der Waals surface area contributed by atoms with Crippen molar-refractivity contribution in [1.82, 2.24) is 4.57 Å². The van der Waals surface area contributed by atoms with Gasteiger partial charge in [-0.05, 0) is 40.4 Å². The third-order valence-electron chi connectivity index (χ3n) is 3.05. The Bertz CT molecular complexity index is 700. The maximum absolute atomic E-state index is 10.5. The van der Waals surface area contributed by atoms with Crippen molar-refractivity contribution in [2.45, 2.75) is 6.54 Å². The molecule has 1 heterocycles. The van der Waals surface area contributed by atoms with E-state index in [1.165, 1.54) is 10.9 Å². The number of aromatic nitrogens is 1. The van der Waals surface area contributed by atoms with Crippen LogP contribution in [0.4, 0.5) is 5.69 Å². The lowest BCUT2D eigenvalue weighted by Crippen LogP contribution is -1.97. The Labute approximate surface area is 105 Å². The van der Waals surface area contributed by atoms with Crippen molar-refractivity contribution in [1.29, 1.82) is 0 Å². The van der Waals surface area contributed by atoms with Crippen LogP contribution in [0.3, 0.4) is 0 Å². The van der Waals surface area contributed by atoms with Gasteiger partial charge in [-0.3, -0.25) is 0 Å². The number of rotatable bonds is 3. The SMILES string of the molecule is O=Nc1cccc(Cn2ccc3ccccc32)c1. The number of fused-ring (bicyclic) bond motifs is 1. The third-order valence-corrected chi connectivity index (χ3v) is 3.05. The minimum absolute atomic E-state index is 0.476. The summed E-state index contributed by atoms with van der Waals surface area (Å²) < 4.78 is 2.17. The largest absolute Gasteiger partial charge is 0.343 e. The minimum Gasteiger partial charge on any atom is -0.343 e. The fourth-order valence-corrected chi connectivity index (χ4v) is 2.19. The van der Waals surface area contributed by atoms with Crippen molar-refractivity contribution < 1.29 is 0 Å². The monoisotopic (exact) mass is 236 g/mol. The molecular weight excluding hydrogens is 224 g/mol. The van der Waals surface area contributed by atoms with E-state index in [2.05, 4.69) is 34.1 Å². The molecule has 18 heavy (non-hydrogen) atoms. The van der Waals surface area contributed by atoms with Crippen LogP contribution in [-0.4, -0.2) is 4.57 Å². The zero-order chi connectivity index (χ0) is 12.4. The summed E-state index contributed by atoms with van der Waals surface area (Å²) in [5.74, 6) is 0. The van der Waals surface area contributed by atoms with Gasteiger partial charge in [-0.2, -0.15) is 0 Å². The van der Waals surface area contributed by atoms with Gasteiger partial charge in [0.25, 0.3) is 0 Å². The molecule has 0 aliphatic rings. The summed E-state index contributed by atoms with van der Waals surface area (Å²) >= 11 is 0. The van der Waals surface area contributed by atoms with Gasteiger partial charge in [0.15, 0.2) is 0 Å². The van der Waals surface area contributed by atoms with Gasteiger partial charge in [-0.15, -0.1) is 4.91 Å². The van der Waals surface area contributed by atoms with Crippen LogP contribution in [0.15, 0.2) is 66.0 Å². The van der Waals surface area contributed by atoms with Crippen LogP contribution in [0, 0.1) is 4.91 Å². The predicted molar refractivity (Wildman–Crippen MR) is 72.9 cm³/mol. The van der Waals surface area contributed by atoms with Crippen LogP contribution in [0.1, 0.15) is 5.56 Å². The Morgan fingerprint density at radius 1 is 1.00 bits per heavy atom. The molecule has 0 fully saturated rings. The highest BCUT2D eigenvalue weighted by Crippen LogP contribution is 2.19. The van der Waals surface area contributed by atoms with Crippen molar-refractivity contribution in [2.24, 2.45) is 5.18 Å². The average Bonchev–Trinajstić information content (AvgIpc) is 2.83. The Morgan fingerprint density at radius 3 is 2.78 bits per heavy atom. The Hall–Kier alpha value is -2.42. The average molecular weight is 236 g/mol. The van der Waals surface area contributed by atoms with E-state index < -0.39 is 0 Å². The summed E-state index contributed by atoms with van der Waals surface area (Å²) in [4.78, 5) is 10.5. The van der Waals surface area contributed by atoms with E-state index in [1.807, 2.05) is 30.3 Å². The predicted octanol–water partition coefficient (Wildman–Crippen LogP) is 4.09. The molecule has 0 spiro atoms. The molecule has 0 bridgehead atoms. The molecule has 0 radical (unpaired) electrons. The summed E-state index contributed by atoms with van der Waals surface area (Å²) in [5, 5.41) is 4.19. The standard InChI is InChI=1S/C15H12N2O/c18-16-14-6-3-4-12(10-14)11-17-9-8-13-5-1-2-7-15(13)17/h1-10H,11H2. The number of nitrogens with zero attached hydrogens (tertiary/aromatic N) is 2. The quantitative estimate of drug-likeness (QED) is 0.631. The van der Waals surface area contributed by atoms with Crippen molar-refractivity contribution in [3.63, 3.8) is 0 Å². The second-order valence-corrected chi connectivity index (χ2v) is 4.26. The molecular formula is C15H12N2O. The van der Waals surface area contributed by atoms with E-state index in [0.29, 0.717) is 5.69 Å². The summed E-state index contributed by atoms with van der Waals surface area (Å²) in [7, 11) is 0. The zero-order valence-corrected chi connectivity index (χ0v) is 9.78. The first-order valence-electron chi connectivity index (χ1n) is 5.83. The number of hydrogen-bond acceptors (Lipinski definition) is 2. The number of hydrogen-bond donors (Lipinski definition) is 0. The van der Waals surface area contributed by atoms with Crippen molar-refractivity contribution >= 4 is 16.6 Å². The highest BCUT2D eigenvalue weighted by molar-refractivity contribution is 5.80. The normalized spacial score (nSPS) is 10.7. The molecule has 88 valence electrons. The second-order valence-electron chi connectivity index (χ2n) is 4.26. The Morgan fingerprint density at radius 2 is 1.89 bits per heavy atom. The van der Waals surface area contributed by atoms with E-state index in [0.717, 1.165) is 12.1 Å². The van der Waals surface area contributed by atoms with Gasteiger partial charge in [0.05, 0.1) is 0 Å². The first kappa shape index (κ1) is 10.7. The molecule has 3 nitrogen and oxygen atoms in total. The van der Waals surface area contributed by atoms with Gasteiger partial charge in [0, 0.05) is 18.3 Å². The molecule has 0 N–H and O–H groups in total. The van der Waals surface area contributed by atoms with Crippen LogP contribution in [0.25, 0.3) is 10.9 Å². The molecule has 0 aliphatic carbocycles. The molecule has 3 aromatic rings. The van der Waals surface area contributed by atoms with Gasteiger partial charge in [0.2, 0.25) is 0 Å². The number of benzene rings is 2. The second kappa shape index (κ2) is 4.45. The van der Waals surface area contributed by atoms with Gasteiger partial charge in [-0.1, -0.05) is 30.3 Å². The van der Waals surface area contributed by atoms with E-state index >= 15 is 0 Å². The molecule has 0 unspecified atom stereocenters. The topological polar surface area (TPSA) is 34.4 Å². The maximum atomic E-state index is 10.5. The summed E-state index contributed by atoms with van der Waals surface area (Å²) in [6.45, 7) is 0.747. The zero-order valence-electron chi connectivity index (χ0n) is 9.78. The molecule has 0 saturated carbocycles. The van der Waals surface area contributed by atoms with Crippen LogP contribution in [0.2, 0.25) is 0 Å². The van der Waals surface area contributed by atoms with E-state index in [-0.39, 0.29) is 0 Å². The van der Waals surface area contributed by atoms with Crippen LogP contribution in [0.5, 0.6) is 0 Å². The minimum atomic E-state index is 0.476. The van der Waals surface area contributed by atoms with Crippen molar-refractivity contribution in [3.05, 3.63) is 71.3 Å². The van der Waals surface area contributed by atoms with E-state index in [4.69, 9.17) is 0 Å². The lowest BCUT2D eigenvalue weighted by Gasteiger charge is -2.05. The van der Waals surface area contributed by atoms with E-state index in [1.54, 1.807) is 6.07 Å². The van der Waals surface area contributed by atoms with Crippen LogP contribution in [-0.2, 0) is 6.54 Å². The third kappa shape index (κ3) is 1.91. The lowest BCUT2D eigenvalue weighted by atomic mass is 10.2. The van der Waals surface area contributed by atoms with Crippen LogP contribution >= 0.6 is 0 Å². The smallest absolute Gasteiger partial charge is 0.108 e. The highest BCUT2D eigenvalue weighted by Gasteiger charge is 2.01. The molecule has 0 aliphatic heterocycles. The number of nitroso groups, excluding NO2 is 1. The van der Waals surface area contributed by atoms with Gasteiger partial charge in [-0.25, -0.2) is 0 Å². The fourth-order valence-electron chi connectivity index (χ4n) is 2.19. The lowest BCUT2D eigenvalue weighted by molar-refractivity contribution is 0.837. The van der Waals surface area contributed by atoms with E-state index in [9.17, 15) is 4.91 Å². The number of para-hydroxylation sites is 1. The van der Waals surface area contributed by atoms with Crippen LogP contribution < -0.4 is 0 Å². The van der Waals surface area contributed by atoms with Crippen molar-refractivity contribution in [2.75, 3.05) is 0 Å². The summed E-state index contributed by atoms with van der Waals surface area (Å²) in [5.41, 5.74) is 2.75. The first-order valence-corrected chi connectivity index (χ1v) is 5.83. The molecule has 3 heteroatoms. The van der Waals surface area contributed by atoms with Gasteiger partial charge in [0.1, 0.15) is 5.69 Å². The molecule has 1 aromatic heterocycles. The fraction of sp³-hybridized carbons (Fsp3) is 0.0667. The summed E-state index contributed by atoms with van der Waals surface area (Å²) in [6.07, 6.45) is 2.06. The maximum Gasteiger partial charge on any atom is 0.108 e. The Balaban J connectivity index is 1.98. The summed E-state index contributed by atoms with van der Waals surface area (Å²) in [6, 6.07) is 17.7. The molecule has 2 aromatic carbocycles. The van der Waals surface area contributed by atoms with Gasteiger partial charge >= 0.3 is 0 Å². The molecule has 0 atom stereocenters. The highest BCUT2D eigenvalue weighted by atomic mass is 16.3. The molecule has 3 rings (SSSR count). The molecule has 0 amide bonds. The molecule has 0 saturated heterocycles. The first-order chi connectivity index (χ1) is 8.86. The van der Waals surface area contributed by atoms with Gasteiger partial charge < -0.3 is 4.57 Å². The van der Waals surface area contributed by atoms with Crippen molar-refractivity contribution in [3.8, 4) is 0 Å². The Kier molecular flexibility index (Phi) is 2.65.